The first kappa shape index (κ1) is 4.99. The quantitative estimate of drug-likeness (QED) is 0.419. The lowest BCUT2D eigenvalue weighted by Crippen LogP contribution is -1.96. The molecule has 0 amide bonds. The summed E-state index contributed by atoms with van der Waals surface area (Å²) in [6.45, 7) is 0. The van der Waals surface area contributed by atoms with Crippen molar-refractivity contribution in [3.63, 3.8) is 0 Å². The molecule has 0 saturated carbocycles. The van der Waals surface area contributed by atoms with Crippen LogP contribution in [-0.2, 0) is 0 Å². The van der Waals surface area contributed by atoms with E-state index >= 15 is 0 Å². The maximum absolute atomic E-state index is 2.92. The molecule has 0 atom stereocenters. The second-order valence-corrected chi connectivity index (χ2v) is 1.59. The average molecular weight is 105 g/mol. The van der Waals surface area contributed by atoms with E-state index in [1.807, 2.05) is 36.5 Å². The SMILES string of the molecule is CN1C=C=CC=C=C1. The van der Waals surface area contributed by atoms with Crippen molar-refractivity contribution in [3.05, 3.63) is 36.0 Å². The van der Waals surface area contributed by atoms with Gasteiger partial charge in [0.15, 0.2) is 0 Å². The Labute approximate surface area is 48.9 Å². The molecule has 1 heteroatoms. The summed E-state index contributed by atoms with van der Waals surface area (Å²) in [4.78, 5) is 1.89. The Kier molecular flexibility index (Phi) is 1.39. The van der Waals surface area contributed by atoms with Crippen LogP contribution in [-0.4, -0.2) is 11.9 Å². The van der Waals surface area contributed by atoms with Crippen molar-refractivity contribution < 1.29 is 0 Å². The van der Waals surface area contributed by atoms with Crippen molar-refractivity contribution >= 4 is 0 Å². The maximum Gasteiger partial charge on any atom is 0.0466 e. The number of allylic oxidation sites excluding steroid dienone is 2. The molecule has 8 heavy (non-hydrogen) atoms. The van der Waals surface area contributed by atoms with Gasteiger partial charge in [0.1, 0.15) is 0 Å². The normalized spacial score (nSPS) is 14.9. The minimum atomic E-state index is 1.82. The fraction of sp³-hybridized carbons (Fsp3) is 0.143. The van der Waals surface area contributed by atoms with Crippen LogP contribution in [0.15, 0.2) is 36.0 Å². The molecule has 0 saturated heterocycles. The third-order valence-corrected chi connectivity index (χ3v) is 0.832. The Morgan fingerprint density at radius 3 is 2.12 bits per heavy atom. The minimum absolute atomic E-state index is 1.82. The summed E-state index contributed by atoms with van der Waals surface area (Å²) in [7, 11) is 1.94. The lowest BCUT2D eigenvalue weighted by Gasteiger charge is -1.99. The molecule has 0 N–H and O–H groups in total. The van der Waals surface area contributed by atoms with Gasteiger partial charge in [-0.2, -0.15) is 0 Å². The van der Waals surface area contributed by atoms with Crippen LogP contribution in [0.2, 0.25) is 0 Å². The molecule has 0 aliphatic carbocycles. The molecule has 1 nitrogen and oxygen atoms in total. The fourth-order valence-electron chi connectivity index (χ4n) is 0.455. The summed E-state index contributed by atoms with van der Waals surface area (Å²) >= 11 is 0. The predicted octanol–water partition coefficient (Wildman–Crippen LogP) is 1.27. The van der Waals surface area contributed by atoms with Crippen LogP contribution in [0.3, 0.4) is 0 Å². The molecule has 0 unspecified atom stereocenters. The lowest BCUT2D eigenvalue weighted by molar-refractivity contribution is 0.629. The van der Waals surface area contributed by atoms with Crippen molar-refractivity contribution in [1.29, 1.82) is 0 Å². The van der Waals surface area contributed by atoms with Gasteiger partial charge in [0.25, 0.3) is 0 Å². The molecule has 0 radical (unpaired) electrons. The molecule has 1 rings (SSSR count). The van der Waals surface area contributed by atoms with Gasteiger partial charge in [-0.25, -0.2) is 0 Å². The maximum atomic E-state index is 2.92. The van der Waals surface area contributed by atoms with Crippen LogP contribution < -0.4 is 0 Å². The summed E-state index contributed by atoms with van der Waals surface area (Å²) in [6.07, 6.45) is 7.33. The minimum Gasteiger partial charge on any atom is -0.344 e. The van der Waals surface area contributed by atoms with Crippen molar-refractivity contribution in [2.24, 2.45) is 0 Å². The molecule has 1 heterocycles. The number of hydrogen-bond donors (Lipinski definition) is 0. The molecular weight excluding hydrogens is 98.1 g/mol. The van der Waals surface area contributed by atoms with Crippen LogP contribution in [0.4, 0.5) is 0 Å². The van der Waals surface area contributed by atoms with E-state index in [-0.39, 0.29) is 0 Å². The van der Waals surface area contributed by atoms with E-state index in [4.69, 9.17) is 0 Å². The van der Waals surface area contributed by atoms with Crippen molar-refractivity contribution in [2.45, 2.75) is 0 Å². The van der Waals surface area contributed by atoms with Crippen LogP contribution >= 0.6 is 0 Å². The summed E-state index contributed by atoms with van der Waals surface area (Å²) < 4.78 is 0. The molecule has 0 fully saturated rings. The van der Waals surface area contributed by atoms with Crippen LogP contribution in [0.5, 0.6) is 0 Å². The van der Waals surface area contributed by atoms with Gasteiger partial charge in [-0.3, -0.25) is 0 Å². The smallest absolute Gasteiger partial charge is 0.0466 e. The van der Waals surface area contributed by atoms with Gasteiger partial charge < -0.3 is 4.90 Å². The van der Waals surface area contributed by atoms with E-state index in [0.717, 1.165) is 0 Å². The standard InChI is InChI=1S/C7H7N/c1-8-6-4-2-3-5-7-8/h2-3,6-7H,1H3. The van der Waals surface area contributed by atoms with Crippen LogP contribution in [0.1, 0.15) is 0 Å². The number of nitrogens with zero attached hydrogens (tertiary/aromatic N) is 1. The highest BCUT2D eigenvalue weighted by atomic mass is 15.0. The zero-order valence-corrected chi connectivity index (χ0v) is 4.76. The summed E-state index contributed by atoms with van der Waals surface area (Å²) in [5.41, 5.74) is 5.85. The third kappa shape index (κ3) is 1.16. The van der Waals surface area contributed by atoms with Crippen molar-refractivity contribution in [1.82, 2.24) is 4.90 Å². The van der Waals surface area contributed by atoms with Gasteiger partial charge >= 0.3 is 0 Å². The molecule has 0 bridgehead atoms. The van der Waals surface area contributed by atoms with Crippen molar-refractivity contribution in [2.75, 3.05) is 7.05 Å². The summed E-state index contributed by atoms with van der Waals surface area (Å²) in [6, 6.07) is 0. The molecular formula is C7H7N. The van der Waals surface area contributed by atoms with Gasteiger partial charge in [0.05, 0.1) is 0 Å². The molecule has 0 aromatic rings. The molecule has 0 spiro atoms. The van der Waals surface area contributed by atoms with E-state index in [0.29, 0.717) is 0 Å². The van der Waals surface area contributed by atoms with E-state index in [1.165, 1.54) is 0 Å². The van der Waals surface area contributed by atoms with E-state index in [1.54, 1.807) is 0 Å². The molecule has 0 aromatic carbocycles. The second kappa shape index (κ2) is 2.23. The molecule has 1 aliphatic rings. The Balaban J connectivity index is 2.90. The van der Waals surface area contributed by atoms with E-state index < -0.39 is 0 Å². The third-order valence-electron chi connectivity index (χ3n) is 0.832. The Morgan fingerprint density at radius 1 is 1.12 bits per heavy atom. The zero-order chi connectivity index (χ0) is 5.82. The van der Waals surface area contributed by atoms with Gasteiger partial charge in [-0.05, 0) is 12.2 Å². The Hall–Kier alpha value is -1.16. The first-order valence-corrected chi connectivity index (χ1v) is 2.45. The molecule has 1 aliphatic heterocycles. The number of hydrogen-bond acceptors (Lipinski definition) is 1. The highest BCUT2D eigenvalue weighted by Gasteiger charge is 1.77. The van der Waals surface area contributed by atoms with Crippen LogP contribution in [0.25, 0.3) is 0 Å². The number of rotatable bonds is 0. The Morgan fingerprint density at radius 2 is 1.62 bits per heavy atom. The topological polar surface area (TPSA) is 3.24 Å². The molecule has 0 aromatic heterocycles. The van der Waals surface area contributed by atoms with Crippen LogP contribution in [0, 0.1) is 0 Å². The molecule has 40 valence electrons. The van der Waals surface area contributed by atoms with Crippen molar-refractivity contribution in [3.8, 4) is 0 Å². The van der Waals surface area contributed by atoms with Gasteiger partial charge in [-0.1, -0.05) is 0 Å². The first-order valence-electron chi connectivity index (χ1n) is 2.45. The van der Waals surface area contributed by atoms with Gasteiger partial charge in [0, 0.05) is 19.4 Å². The lowest BCUT2D eigenvalue weighted by atomic mass is 10.6. The summed E-state index contributed by atoms with van der Waals surface area (Å²) in [5, 5.41) is 0. The summed E-state index contributed by atoms with van der Waals surface area (Å²) in [5.74, 6) is 0. The second-order valence-electron chi connectivity index (χ2n) is 1.59. The van der Waals surface area contributed by atoms with Gasteiger partial charge in [-0.15, -0.1) is 11.5 Å². The Bertz CT molecular complexity index is 166. The van der Waals surface area contributed by atoms with E-state index in [2.05, 4.69) is 11.5 Å². The van der Waals surface area contributed by atoms with Gasteiger partial charge in [0.2, 0.25) is 0 Å². The highest BCUT2D eigenvalue weighted by molar-refractivity contribution is 5.06. The fourth-order valence-corrected chi connectivity index (χ4v) is 0.455. The zero-order valence-electron chi connectivity index (χ0n) is 4.76. The first-order chi connectivity index (χ1) is 3.89. The monoisotopic (exact) mass is 105 g/mol. The highest BCUT2D eigenvalue weighted by Crippen LogP contribution is 1.86. The largest absolute Gasteiger partial charge is 0.344 e. The predicted molar refractivity (Wildman–Crippen MR) is 33.1 cm³/mol. The average Bonchev–Trinajstić information content (AvgIpc) is 1.94. The van der Waals surface area contributed by atoms with E-state index in [9.17, 15) is 0 Å².